The van der Waals surface area contributed by atoms with Crippen LogP contribution in [0.3, 0.4) is 0 Å². The van der Waals surface area contributed by atoms with E-state index < -0.39 is 10.0 Å². The molecule has 8 heteroatoms. The number of carbonyl (C=O) groups is 1. The highest BCUT2D eigenvalue weighted by atomic mass is 79.9. The summed E-state index contributed by atoms with van der Waals surface area (Å²) in [6.45, 7) is 5.34. The summed E-state index contributed by atoms with van der Waals surface area (Å²) in [6.07, 6.45) is 0. The Morgan fingerprint density at radius 3 is 2.41 bits per heavy atom. The Kier molecular flexibility index (Phi) is 5.27. The van der Waals surface area contributed by atoms with Crippen LogP contribution in [0.1, 0.15) is 21.6 Å². The predicted molar refractivity (Wildman–Crippen MR) is 117 cm³/mol. The molecule has 0 unspecified atom stereocenters. The number of hydrogen-bond donors (Lipinski definition) is 1. The number of sulfonamides is 1. The van der Waals surface area contributed by atoms with Crippen LogP contribution in [0, 0.1) is 13.8 Å². The average molecular weight is 476 g/mol. The van der Waals surface area contributed by atoms with Crippen molar-refractivity contribution < 1.29 is 13.2 Å². The number of piperazine rings is 1. The number of fused-ring (bicyclic) bond motifs is 1. The van der Waals surface area contributed by atoms with E-state index in [9.17, 15) is 13.2 Å². The van der Waals surface area contributed by atoms with Crippen LogP contribution in [0.2, 0.25) is 0 Å². The number of aryl methyl sites for hydroxylation is 2. The van der Waals surface area contributed by atoms with Crippen LogP contribution in [0.25, 0.3) is 10.9 Å². The molecule has 2 heterocycles. The van der Waals surface area contributed by atoms with Gasteiger partial charge in [-0.3, -0.25) is 4.79 Å². The van der Waals surface area contributed by atoms with E-state index >= 15 is 0 Å². The number of aromatic amines is 1. The Balaban J connectivity index is 1.50. The van der Waals surface area contributed by atoms with Crippen molar-refractivity contribution in [2.24, 2.45) is 0 Å². The molecule has 6 nitrogen and oxygen atoms in total. The second kappa shape index (κ2) is 7.59. The summed E-state index contributed by atoms with van der Waals surface area (Å²) in [4.78, 5) is 18.3. The second-order valence-electron chi connectivity index (χ2n) is 7.26. The van der Waals surface area contributed by atoms with Gasteiger partial charge in [0.25, 0.3) is 5.91 Å². The van der Waals surface area contributed by atoms with Gasteiger partial charge >= 0.3 is 0 Å². The zero-order chi connectivity index (χ0) is 20.8. The first-order chi connectivity index (χ1) is 13.8. The topological polar surface area (TPSA) is 73.5 Å². The van der Waals surface area contributed by atoms with Crippen molar-refractivity contribution in [2.75, 3.05) is 26.2 Å². The minimum atomic E-state index is -3.59. The molecule has 1 saturated heterocycles. The molecule has 152 valence electrons. The van der Waals surface area contributed by atoms with Gasteiger partial charge in [-0.2, -0.15) is 4.31 Å². The summed E-state index contributed by atoms with van der Waals surface area (Å²) in [7, 11) is -3.59. The fraction of sp³-hybridized carbons (Fsp3) is 0.286. The lowest BCUT2D eigenvalue weighted by Crippen LogP contribution is -2.50. The molecule has 0 aliphatic carbocycles. The highest BCUT2D eigenvalue weighted by Gasteiger charge is 2.31. The van der Waals surface area contributed by atoms with Gasteiger partial charge in [0.15, 0.2) is 0 Å². The minimum absolute atomic E-state index is 0.0666. The van der Waals surface area contributed by atoms with Crippen molar-refractivity contribution in [3.63, 3.8) is 0 Å². The normalized spacial score (nSPS) is 15.8. The molecule has 1 fully saturated rings. The summed E-state index contributed by atoms with van der Waals surface area (Å²) >= 11 is 3.32. The lowest BCUT2D eigenvalue weighted by molar-refractivity contribution is 0.0698. The average Bonchev–Trinajstić information content (AvgIpc) is 3.01. The molecule has 0 radical (unpaired) electrons. The first kappa shape index (κ1) is 20.1. The summed E-state index contributed by atoms with van der Waals surface area (Å²) in [6, 6.07) is 12.5. The lowest BCUT2D eigenvalue weighted by Gasteiger charge is -2.34. The first-order valence-corrected chi connectivity index (χ1v) is 11.7. The molecule has 4 rings (SSSR count). The van der Waals surface area contributed by atoms with Crippen LogP contribution in [-0.4, -0.2) is 54.7 Å². The SMILES string of the molecule is Cc1[nH]c2ccc(C(=O)N3CCN(S(=O)(=O)c4ccccc4Br)CC3)cc2c1C. The third-order valence-corrected chi connectivity index (χ3v) is 8.45. The Labute approximate surface area is 178 Å². The van der Waals surface area contributed by atoms with Gasteiger partial charge in [-0.1, -0.05) is 12.1 Å². The smallest absolute Gasteiger partial charge is 0.253 e. The van der Waals surface area contributed by atoms with E-state index in [0.717, 1.165) is 22.2 Å². The van der Waals surface area contributed by atoms with E-state index in [1.807, 2.05) is 32.0 Å². The maximum Gasteiger partial charge on any atom is 0.253 e. The first-order valence-electron chi connectivity index (χ1n) is 9.42. The van der Waals surface area contributed by atoms with Gasteiger partial charge in [0, 0.05) is 52.8 Å². The van der Waals surface area contributed by atoms with E-state index in [1.54, 1.807) is 29.2 Å². The minimum Gasteiger partial charge on any atom is -0.358 e. The van der Waals surface area contributed by atoms with Gasteiger partial charge in [-0.05, 0) is 65.7 Å². The van der Waals surface area contributed by atoms with Crippen LogP contribution >= 0.6 is 15.9 Å². The fourth-order valence-electron chi connectivity index (χ4n) is 3.70. The van der Waals surface area contributed by atoms with Crippen LogP contribution in [0.15, 0.2) is 51.8 Å². The van der Waals surface area contributed by atoms with Crippen molar-refractivity contribution in [1.29, 1.82) is 0 Å². The number of amides is 1. The second-order valence-corrected chi connectivity index (χ2v) is 10.0. The summed E-state index contributed by atoms with van der Waals surface area (Å²) in [5, 5.41) is 1.04. The molecule has 3 aromatic rings. The number of H-pyrrole nitrogens is 1. The highest BCUT2D eigenvalue weighted by Crippen LogP contribution is 2.26. The molecular formula is C21H22BrN3O3S. The fourth-order valence-corrected chi connectivity index (χ4v) is 6.09. The van der Waals surface area contributed by atoms with Crippen molar-refractivity contribution in [3.8, 4) is 0 Å². The molecule has 1 N–H and O–H groups in total. The van der Waals surface area contributed by atoms with Crippen molar-refractivity contribution in [1.82, 2.24) is 14.2 Å². The number of halogens is 1. The number of carbonyl (C=O) groups excluding carboxylic acids is 1. The molecule has 1 aliphatic rings. The number of nitrogens with one attached hydrogen (secondary N) is 1. The summed E-state index contributed by atoms with van der Waals surface area (Å²) < 4.78 is 27.8. The van der Waals surface area contributed by atoms with Gasteiger partial charge in [0.05, 0.1) is 4.90 Å². The third kappa shape index (κ3) is 3.60. The molecule has 0 saturated carbocycles. The number of hydrogen-bond acceptors (Lipinski definition) is 3. The van der Waals surface area contributed by atoms with E-state index in [0.29, 0.717) is 23.1 Å². The molecule has 29 heavy (non-hydrogen) atoms. The molecule has 0 atom stereocenters. The predicted octanol–water partition coefficient (Wildman–Crippen LogP) is 3.69. The molecule has 0 spiro atoms. The van der Waals surface area contributed by atoms with Crippen molar-refractivity contribution >= 4 is 42.8 Å². The summed E-state index contributed by atoms with van der Waals surface area (Å²) in [5.41, 5.74) is 3.87. The Hall–Kier alpha value is -2.16. The van der Waals surface area contributed by atoms with Crippen molar-refractivity contribution in [3.05, 3.63) is 63.8 Å². The van der Waals surface area contributed by atoms with E-state index in [4.69, 9.17) is 0 Å². The molecule has 1 aromatic heterocycles. The highest BCUT2D eigenvalue weighted by molar-refractivity contribution is 9.10. The summed E-state index contributed by atoms with van der Waals surface area (Å²) in [5.74, 6) is -0.0666. The largest absolute Gasteiger partial charge is 0.358 e. The molecule has 1 aliphatic heterocycles. The number of rotatable bonds is 3. The monoisotopic (exact) mass is 475 g/mol. The van der Waals surface area contributed by atoms with Gasteiger partial charge in [-0.25, -0.2) is 8.42 Å². The molecule has 0 bridgehead atoms. The van der Waals surface area contributed by atoms with Gasteiger partial charge in [-0.15, -0.1) is 0 Å². The number of benzene rings is 2. The molecule has 1 amide bonds. The van der Waals surface area contributed by atoms with Gasteiger partial charge < -0.3 is 9.88 Å². The maximum atomic E-state index is 13.0. The molecular weight excluding hydrogens is 454 g/mol. The van der Waals surface area contributed by atoms with E-state index in [1.165, 1.54) is 4.31 Å². The zero-order valence-electron chi connectivity index (χ0n) is 16.3. The van der Waals surface area contributed by atoms with Crippen LogP contribution in [0.5, 0.6) is 0 Å². The van der Waals surface area contributed by atoms with Crippen LogP contribution < -0.4 is 0 Å². The number of nitrogens with zero attached hydrogens (tertiary/aromatic N) is 2. The van der Waals surface area contributed by atoms with E-state index in [2.05, 4.69) is 20.9 Å². The number of aromatic nitrogens is 1. The van der Waals surface area contributed by atoms with Gasteiger partial charge in [0.1, 0.15) is 0 Å². The third-order valence-electron chi connectivity index (χ3n) is 5.54. The molecule has 2 aromatic carbocycles. The van der Waals surface area contributed by atoms with E-state index in [-0.39, 0.29) is 23.9 Å². The van der Waals surface area contributed by atoms with Crippen molar-refractivity contribution in [2.45, 2.75) is 18.7 Å². The van der Waals surface area contributed by atoms with Gasteiger partial charge in [0.2, 0.25) is 10.0 Å². The Bertz CT molecular complexity index is 1200. The quantitative estimate of drug-likeness (QED) is 0.627. The zero-order valence-corrected chi connectivity index (χ0v) is 18.7. The Morgan fingerprint density at radius 2 is 1.72 bits per heavy atom. The lowest BCUT2D eigenvalue weighted by atomic mass is 10.1. The van der Waals surface area contributed by atoms with Crippen LogP contribution in [-0.2, 0) is 10.0 Å². The maximum absolute atomic E-state index is 13.0. The standard InChI is InChI=1S/C21H22BrN3O3S/c1-14-15(2)23-19-8-7-16(13-17(14)19)21(26)24-9-11-25(12-10-24)29(27,28)20-6-4-3-5-18(20)22/h3-8,13,23H,9-12H2,1-2H3. The Morgan fingerprint density at radius 1 is 1.03 bits per heavy atom. The van der Waals surface area contributed by atoms with Crippen LogP contribution in [0.4, 0.5) is 0 Å².